The highest BCUT2D eigenvalue weighted by Crippen LogP contribution is 2.21. The van der Waals surface area contributed by atoms with Crippen LogP contribution in [0.1, 0.15) is 26.7 Å². The first-order valence-corrected chi connectivity index (χ1v) is 9.69. The molecule has 0 bridgehead atoms. The van der Waals surface area contributed by atoms with Crippen LogP contribution in [0.2, 0.25) is 0 Å². The molecule has 144 valence electrons. The number of allylic oxidation sites excluding steroid dienone is 1. The first kappa shape index (κ1) is 21.7. The van der Waals surface area contributed by atoms with Crippen LogP contribution in [-0.2, 0) is 28.8 Å². The number of methoxy groups -OCH3 is 1. The first-order valence-electron chi connectivity index (χ1n) is 8.14. The van der Waals surface area contributed by atoms with Crippen molar-refractivity contribution in [3.8, 4) is 0 Å². The summed E-state index contributed by atoms with van der Waals surface area (Å²) in [6.45, 7) is 3.66. The normalized spacial score (nSPS) is 13.0. The topological polar surface area (TPSA) is 96.0 Å². The Bertz CT molecular complexity index is 723. The van der Waals surface area contributed by atoms with Crippen molar-refractivity contribution in [2.45, 2.75) is 36.8 Å². The van der Waals surface area contributed by atoms with Gasteiger partial charge in [0.2, 0.25) is 0 Å². The zero-order chi connectivity index (χ0) is 19.6. The van der Waals surface area contributed by atoms with E-state index in [1.807, 2.05) is 0 Å². The minimum absolute atomic E-state index is 0.0349. The molecule has 0 aliphatic rings. The van der Waals surface area contributed by atoms with Crippen LogP contribution in [0, 0.1) is 0 Å². The standard InChI is InChI=1S/C18H24O7S/c1-4-24-18(20)25-13-14(2)9-8-12-16(17(19)23-3)26(21,22)15-10-6-5-7-11-15/h5-7,9-11,16H,4,8,12-13H2,1-3H3. The summed E-state index contributed by atoms with van der Waals surface area (Å²) < 4.78 is 39.5. The summed E-state index contributed by atoms with van der Waals surface area (Å²) in [5.74, 6) is -0.803. The van der Waals surface area contributed by atoms with Crippen LogP contribution in [-0.4, -0.2) is 46.1 Å². The van der Waals surface area contributed by atoms with E-state index in [0.717, 1.165) is 12.7 Å². The van der Waals surface area contributed by atoms with Crippen molar-refractivity contribution < 1.29 is 32.2 Å². The quantitative estimate of drug-likeness (QED) is 0.477. The molecule has 1 unspecified atom stereocenters. The molecular formula is C18H24O7S. The molecule has 0 heterocycles. The minimum Gasteiger partial charge on any atom is -0.468 e. The Labute approximate surface area is 153 Å². The molecule has 0 amide bonds. The minimum atomic E-state index is -3.85. The Balaban J connectivity index is 2.76. The third-order valence-corrected chi connectivity index (χ3v) is 5.62. The molecule has 7 nitrogen and oxygen atoms in total. The molecule has 1 aromatic carbocycles. The van der Waals surface area contributed by atoms with Gasteiger partial charge in [0.25, 0.3) is 0 Å². The average Bonchev–Trinajstić information content (AvgIpc) is 2.63. The van der Waals surface area contributed by atoms with Gasteiger partial charge in [-0.05, 0) is 44.4 Å². The smallest absolute Gasteiger partial charge is 0.468 e. The lowest BCUT2D eigenvalue weighted by molar-refractivity contribution is -0.140. The number of esters is 1. The van der Waals surface area contributed by atoms with Gasteiger partial charge in [-0.25, -0.2) is 13.2 Å². The number of carbonyl (C=O) groups excluding carboxylic acids is 2. The number of benzene rings is 1. The molecule has 0 saturated heterocycles. The SMILES string of the molecule is CCOC(=O)OCC(C)=CCCC(C(=O)OC)S(=O)(=O)c1ccccc1. The zero-order valence-corrected chi connectivity index (χ0v) is 16.0. The molecule has 1 aromatic rings. The largest absolute Gasteiger partial charge is 0.508 e. The summed E-state index contributed by atoms with van der Waals surface area (Å²) in [7, 11) is -2.70. The van der Waals surface area contributed by atoms with E-state index in [2.05, 4.69) is 9.47 Å². The number of ether oxygens (including phenoxy) is 3. The van der Waals surface area contributed by atoms with Gasteiger partial charge in [0.15, 0.2) is 15.1 Å². The average molecular weight is 384 g/mol. The number of sulfone groups is 1. The second-order valence-corrected chi connectivity index (χ2v) is 7.60. The Morgan fingerprint density at radius 2 is 1.81 bits per heavy atom. The van der Waals surface area contributed by atoms with Gasteiger partial charge in [-0.15, -0.1) is 0 Å². The summed E-state index contributed by atoms with van der Waals surface area (Å²) >= 11 is 0. The Hall–Kier alpha value is -2.35. The van der Waals surface area contributed by atoms with E-state index >= 15 is 0 Å². The van der Waals surface area contributed by atoms with Gasteiger partial charge in [0.1, 0.15) is 6.61 Å². The van der Waals surface area contributed by atoms with Crippen molar-refractivity contribution in [2.24, 2.45) is 0 Å². The number of carbonyl (C=O) groups is 2. The Morgan fingerprint density at radius 1 is 1.15 bits per heavy atom. The number of hydrogen-bond donors (Lipinski definition) is 0. The van der Waals surface area contributed by atoms with E-state index < -0.39 is 27.2 Å². The maximum Gasteiger partial charge on any atom is 0.508 e. The number of hydrogen-bond acceptors (Lipinski definition) is 7. The van der Waals surface area contributed by atoms with Crippen molar-refractivity contribution in [1.82, 2.24) is 0 Å². The van der Waals surface area contributed by atoms with Crippen LogP contribution >= 0.6 is 0 Å². The second-order valence-electron chi connectivity index (χ2n) is 5.47. The summed E-state index contributed by atoms with van der Waals surface area (Å²) in [6, 6.07) is 7.77. The molecule has 0 N–H and O–H groups in total. The molecule has 0 fully saturated rings. The van der Waals surface area contributed by atoms with Crippen molar-refractivity contribution in [1.29, 1.82) is 0 Å². The number of rotatable bonds is 9. The zero-order valence-electron chi connectivity index (χ0n) is 15.1. The molecule has 0 aliphatic heterocycles. The van der Waals surface area contributed by atoms with E-state index in [-0.39, 0.29) is 24.5 Å². The molecule has 0 aliphatic carbocycles. The summed E-state index contributed by atoms with van der Waals surface area (Å²) in [5.41, 5.74) is 0.721. The molecule has 0 aromatic heterocycles. The Morgan fingerprint density at radius 3 is 2.38 bits per heavy atom. The van der Waals surface area contributed by atoms with Crippen molar-refractivity contribution in [2.75, 3.05) is 20.3 Å². The van der Waals surface area contributed by atoms with E-state index in [4.69, 9.17) is 4.74 Å². The lowest BCUT2D eigenvalue weighted by Crippen LogP contribution is -2.31. The highest BCUT2D eigenvalue weighted by molar-refractivity contribution is 7.92. The molecule has 0 saturated carbocycles. The monoisotopic (exact) mass is 384 g/mol. The third kappa shape index (κ3) is 6.51. The van der Waals surface area contributed by atoms with Crippen LogP contribution in [0.4, 0.5) is 4.79 Å². The lowest BCUT2D eigenvalue weighted by atomic mass is 10.2. The molecule has 8 heteroatoms. The fraction of sp³-hybridized carbons (Fsp3) is 0.444. The van der Waals surface area contributed by atoms with Crippen molar-refractivity contribution in [3.63, 3.8) is 0 Å². The van der Waals surface area contributed by atoms with Gasteiger partial charge >= 0.3 is 12.1 Å². The van der Waals surface area contributed by atoms with E-state index in [1.54, 1.807) is 38.1 Å². The maximum atomic E-state index is 12.7. The van der Waals surface area contributed by atoms with E-state index in [0.29, 0.717) is 6.42 Å². The van der Waals surface area contributed by atoms with Crippen LogP contribution in [0.15, 0.2) is 46.9 Å². The Kier molecular flexibility index (Phi) is 8.84. The fourth-order valence-electron chi connectivity index (χ4n) is 2.18. The molecule has 0 radical (unpaired) electrons. The first-order chi connectivity index (χ1) is 12.3. The second kappa shape index (κ2) is 10.6. The van der Waals surface area contributed by atoms with Gasteiger partial charge in [-0.2, -0.15) is 0 Å². The van der Waals surface area contributed by atoms with Crippen LogP contribution in [0.25, 0.3) is 0 Å². The van der Waals surface area contributed by atoms with Crippen LogP contribution in [0.5, 0.6) is 0 Å². The summed E-state index contributed by atoms with van der Waals surface area (Å²) in [6.07, 6.45) is 1.32. The molecule has 0 spiro atoms. The maximum absolute atomic E-state index is 12.7. The molecule has 1 atom stereocenters. The van der Waals surface area contributed by atoms with Gasteiger partial charge in [0, 0.05) is 0 Å². The predicted molar refractivity (Wildman–Crippen MR) is 95.4 cm³/mol. The van der Waals surface area contributed by atoms with E-state index in [9.17, 15) is 18.0 Å². The fourth-order valence-corrected chi connectivity index (χ4v) is 3.84. The molecule has 26 heavy (non-hydrogen) atoms. The summed E-state index contributed by atoms with van der Waals surface area (Å²) in [5, 5.41) is -1.30. The van der Waals surface area contributed by atoms with Gasteiger partial charge < -0.3 is 14.2 Å². The molecule has 1 rings (SSSR count). The third-order valence-electron chi connectivity index (χ3n) is 3.51. The molecular weight excluding hydrogens is 360 g/mol. The van der Waals surface area contributed by atoms with E-state index in [1.165, 1.54) is 12.1 Å². The highest BCUT2D eigenvalue weighted by Gasteiger charge is 2.34. The van der Waals surface area contributed by atoms with Gasteiger partial charge in [0.05, 0.1) is 18.6 Å². The van der Waals surface area contributed by atoms with Crippen molar-refractivity contribution in [3.05, 3.63) is 42.0 Å². The lowest BCUT2D eigenvalue weighted by Gasteiger charge is -2.15. The predicted octanol–water partition coefficient (Wildman–Crippen LogP) is 2.90. The van der Waals surface area contributed by atoms with Gasteiger partial charge in [-0.1, -0.05) is 24.3 Å². The van der Waals surface area contributed by atoms with Crippen LogP contribution < -0.4 is 0 Å². The highest BCUT2D eigenvalue weighted by atomic mass is 32.2. The van der Waals surface area contributed by atoms with Gasteiger partial charge in [-0.3, -0.25) is 4.79 Å². The van der Waals surface area contributed by atoms with Crippen molar-refractivity contribution >= 4 is 22.0 Å². The summed E-state index contributed by atoms with van der Waals surface area (Å²) in [4.78, 5) is 23.2. The van der Waals surface area contributed by atoms with Crippen LogP contribution in [0.3, 0.4) is 0 Å².